The van der Waals surface area contributed by atoms with Crippen molar-refractivity contribution in [1.82, 2.24) is 0 Å². The number of rotatable bonds is 5. The van der Waals surface area contributed by atoms with Crippen LogP contribution in [0.2, 0.25) is 0 Å². The zero-order valence-electron chi connectivity index (χ0n) is 12.0. The Kier molecular flexibility index (Phi) is 5.36. The molecule has 0 aliphatic carbocycles. The van der Waals surface area contributed by atoms with Gasteiger partial charge in [-0.25, -0.2) is 0 Å². The summed E-state index contributed by atoms with van der Waals surface area (Å²) in [5.41, 5.74) is 2.71. The number of aliphatic hydroxyl groups excluding tert-OH is 2. The third-order valence-corrected chi connectivity index (χ3v) is 3.41. The van der Waals surface area contributed by atoms with Gasteiger partial charge in [0.2, 0.25) is 0 Å². The normalized spacial score (nSPS) is 15.4. The molecule has 0 saturated carbocycles. The molecular weight excluding hydrogens is 224 g/mol. The third kappa shape index (κ3) is 4.43. The van der Waals surface area contributed by atoms with Crippen LogP contribution in [0.15, 0.2) is 24.3 Å². The van der Waals surface area contributed by atoms with Crippen LogP contribution in [0, 0.1) is 0 Å². The second-order valence-electron chi connectivity index (χ2n) is 6.03. The van der Waals surface area contributed by atoms with Crippen LogP contribution in [0.3, 0.4) is 0 Å². The van der Waals surface area contributed by atoms with Gasteiger partial charge in [-0.3, -0.25) is 0 Å². The highest BCUT2D eigenvalue weighted by Crippen LogP contribution is 2.22. The quantitative estimate of drug-likeness (QED) is 0.843. The highest BCUT2D eigenvalue weighted by molar-refractivity contribution is 5.27. The van der Waals surface area contributed by atoms with E-state index in [1.165, 1.54) is 11.1 Å². The van der Waals surface area contributed by atoms with E-state index in [4.69, 9.17) is 0 Å². The van der Waals surface area contributed by atoms with Gasteiger partial charge in [-0.15, -0.1) is 0 Å². The number of hydrogen-bond acceptors (Lipinski definition) is 2. The SMILES string of the molecule is CC[C@@H](O)[C@H](O)CCc1ccc(C(C)(C)C)cc1. The van der Waals surface area contributed by atoms with Crippen molar-refractivity contribution in [2.24, 2.45) is 0 Å². The summed E-state index contributed by atoms with van der Waals surface area (Å²) >= 11 is 0. The molecule has 0 aromatic heterocycles. The fraction of sp³-hybridized carbons (Fsp3) is 0.625. The van der Waals surface area contributed by atoms with Gasteiger partial charge in [0, 0.05) is 0 Å². The first-order chi connectivity index (χ1) is 8.34. The highest BCUT2D eigenvalue weighted by Gasteiger charge is 2.15. The van der Waals surface area contributed by atoms with E-state index >= 15 is 0 Å². The van der Waals surface area contributed by atoms with E-state index in [1.54, 1.807) is 0 Å². The molecular formula is C16H26O2. The van der Waals surface area contributed by atoms with Crippen LogP contribution >= 0.6 is 0 Å². The lowest BCUT2D eigenvalue weighted by molar-refractivity contribution is 0.0130. The van der Waals surface area contributed by atoms with Crippen molar-refractivity contribution < 1.29 is 10.2 Å². The van der Waals surface area contributed by atoms with Crippen molar-refractivity contribution in [3.63, 3.8) is 0 Å². The van der Waals surface area contributed by atoms with E-state index in [1.807, 2.05) is 6.92 Å². The minimum atomic E-state index is -0.614. The molecule has 0 unspecified atom stereocenters. The smallest absolute Gasteiger partial charge is 0.0802 e. The van der Waals surface area contributed by atoms with Crippen molar-refractivity contribution in [3.05, 3.63) is 35.4 Å². The Morgan fingerprint density at radius 3 is 2.00 bits per heavy atom. The molecule has 102 valence electrons. The standard InChI is InChI=1S/C16H26O2/c1-5-14(17)15(18)11-8-12-6-9-13(10-7-12)16(2,3)4/h6-7,9-10,14-15,17-18H,5,8,11H2,1-4H3/t14-,15-/m1/s1. The fourth-order valence-corrected chi connectivity index (χ4v) is 1.95. The average molecular weight is 250 g/mol. The third-order valence-electron chi connectivity index (χ3n) is 3.41. The summed E-state index contributed by atoms with van der Waals surface area (Å²) < 4.78 is 0. The van der Waals surface area contributed by atoms with Gasteiger partial charge in [0.25, 0.3) is 0 Å². The summed E-state index contributed by atoms with van der Waals surface area (Å²) in [5.74, 6) is 0. The molecule has 0 spiro atoms. The van der Waals surface area contributed by atoms with Gasteiger partial charge in [0.1, 0.15) is 0 Å². The summed E-state index contributed by atoms with van der Waals surface area (Å²) in [6.45, 7) is 8.47. The topological polar surface area (TPSA) is 40.5 Å². The molecule has 2 N–H and O–H groups in total. The van der Waals surface area contributed by atoms with Gasteiger partial charge in [-0.2, -0.15) is 0 Å². The molecule has 0 aliphatic heterocycles. The van der Waals surface area contributed by atoms with E-state index < -0.39 is 12.2 Å². The van der Waals surface area contributed by atoms with Crippen LogP contribution in [-0.2, 0) is 11.8 Å². The predicted molar refractivity (Wildman–Crippen MR) is 75.8 cm³/mol. The summed E-state index contributed by atoms with van der Waals surface area (Å²) in [7, 11) is 0. The molecule has 0 radical (unpaired) electrons. The van der Waals surface area contributed by atoms with Crippen molar-refractivity contribution in [1.29, 1.82) is 0 Å². The van der Waals surface area contributed by atoms with Crippen molar-refractivity contribution in [2.75, 3.05) is 0 Å². The number of aliphatic hydroxyl groups is 2. The van der Waals surface area contributed by atoms with Crippen LogP contribution in [-0.4, -0.2) is 22.4 Å². The lowest BCUT2D eigenvalue weighted by atomic mass is 9.86. The molecule has 1 aromatic carbocycles. The molecule has 1 aromatic rings. The summed E-state index contributed by atoms with van der Waals surface area (Å²) in [5, 5.41) is 19.2. The first-order valence-electron chi connectivity index (χ1n) is 6.80. The van der Waals surface area contributed by atoms with Crippen molar-refractivity contribution in [3.8, 4) is 0 Å². The molecule has 1 rings (SSSR count). The zero-order valence-corrected chi connectivity index (χ0v) is 12.0. The molecule has 2 nitrogen and oxygen atoms in total. The first kappa shape index (κ1) is 15.2. The van der Waals surface area contributed by atoms with Gasteiger partial charge < -0.3 is 10.2 Å². The maximum Gasteiger partial charge on any atom is 0.0802 e. The number of hydrogen-bond donors (Lipinski definition) is 2. The molecule has 18 heavy (non-hydrogen) atoms. The van der Waals surface area contributed by atoms with Crippen molar-refractivity contribution >= 4 is 0 Å². The molecule has 0 saturated heterocycles. The monoisotopic (exact) mass is 250 g/mol. The Labute approximate surface area is 111 Å². The van der Waals surface area contributed by atoms with Gasteiger partial charge in [0.05, 0.1) is 12.2 Å². The highest BCUT2D eigenvalue weighted by atomic mass is 16.3. The minimum absolute atomic E-state index is 0.177. The van der Waals surface area contributed by atoms with Gasteiger partial charge >= 0.3 is 0 Å². The Morgan fingerprint density at radius 2 is 1.56 bits per heavy atom. The first-order valence-corrected chi connectivity index (χ1v) is 6.80. The van der Waals surface area contributed by atoms with Gasteiger partial charge in [-0.1, -0.05) is 52.0 Å². The van der Waals surface area contributed by atoms with Crippen LogP contribution in [0.1, 0.15) is 51.7 Å². The van der Waals surface area contributed by atoms with Gasteiger partial charge in [-0.05, 0) is 35.8 Å². The van der Waals surface area contributed by atoms with E-state index in [0.29, 0.717) is 12.8 Å². The van der Waals surface area contributed by atoms with Crippen LogP contribution < -0.4 is 0 Å². The second kappa shape index (κ2) is 6.35. The van der Waals surface area contributed by atoms with Crippen LogP contribution in [0.5, 0.6) is 0 Å². The predicted octanol–water partition coefficient (Wildman–Crippen LogP) is 3.05. The molecule has 0 fully saturated rings. The maximum absolute atomic E-state index is 9.71. The summed E-state index contributed by atoms with van der Waals surface area (Å²) in [6, 6.07) is 8.53. The Hall–Kier alpha value is -0.860. The number of benzene rings is 1. The lowest BCUT2D eigenvalue weighted by Gasteiger charge is -2.19. The largest absolute Gasteiger partial charge is 0.390 e. The van der Waals surface area contributed by atoms with E-state index in [-0.39, 0.29) is 5.41 Å². The summed E-state index contributed by atoms with van der Waals surface area (Å²) in [6.07, 6.45) is 0.813. The molecule has 0 heterocycles. The molecule has 0 amide bonds. The van der Waals surface area contributed by atoms with Gasteiger partial charge in [0.15, 0.2) is 0 Å². The second-order valence-corrected chi connectivity index (χ2v) is 6.03. The molecule has 2 heteroatoms. The average Bonchev–Trinajstić information content (AvgIpc) is 2.34. The fourth-order valence-electron chi connectivity index (χ4n) is 1.95. The lowest BCUT2D eigenvalue weighted by Crippen LogP contribution is -2.25. The van der Waals surface area contributed by atoms with Crippen molar-refractivity contribution in [2.45, 2.75) is 64.6 Å². The number of aryl methyl sites for hydroxylation is 1. The van der Waals surface area contributed by atoms with E-state index in [9.17, 15) is 10.2 Å². The Morgan fingerprint density at radius 1 is 1.00 bits per heavy atom. The molecule has 0 bridgehead atoms. The maximum atomic E-state index is 9.71. The van der Waals surface area contributed by atoms with Crippen LogP contribution in [0.4, 0.5) is 0 Å². The van der Waals surface area contributed by atoms with Crippen LogP contribution in [0.25, 0.3) is 0 Å². The zero-order chi connectivity index (χ0) is 13.8. The van der Waals surface area contributed by atoms with E-state index in [2.05, 4.69) is 45.0 Å². The summed E-state index contributed by atoms with van der Waals surface area (Å²) in [4.78, 5) is 0. The minimum Gasteiger partial charge on any atom is -0.390 e. The Bertz CT molecular complexity index is 348. The van der Waals surface area contributed by atoms with E-state index in [0.717, 1.165) is 6.42 Å². The molecule has 2 atom stereocenters. The molecule has 0 aliphatic rings. The Balaban J connectivity index is 2.54.